The molecule has 1 atom stereocenters. The minimum Gasteiger partial charge on any atom is -0.384 e. The Balaban J connectivity index is 1.79. The van der Waals surface area contributed by atoms with Crippen molar-refractivity contribution in [1.82, 2.24) is 9.36 Å². The number of sulfone groups is 1. The molecule has 1 unspecified atom stereocenters. The van der Waals surface area contributed by atoms with Crippen molar-refractivity contribution in [2.75, 3.05) is 24.8 Å². The first kappa shape index (κ1) is 14.4. The van der Waals surface area contributed by atoms with Gasteiger partial charge in [0.05, 0.1) is 23.3 Å². The van der Waals surface area contributed by atoms with Crippen molar-refractivity contribution in [2.24, 2.45) is 0 Å². The number of hydrogen-bond donors (Lipinski definition) is 1. The van der Waals surface area contributed by atoms with Gasteiger partial charge < -0.3 is 10.1 Å². The number of anilines is 1. The Labute approximate surface area is 127 Å². The van der Waals surface area contributed by atoms with Gasteiger partial charge in [0.15, 0.2) is 9.84 Å². The quantitative estimate of drug-likeness (QED) is 0.900. The highest BCUT2D eigenvalue weighted by atomic mass is 32.2. The summed E-state index contributed by atoms with van der Waals surface area (Å²) in [6.45, 7) is 0.566. The minimum absolute atomic E-state index is 0.0549. The molecule has 0 saturated carbocycles. The van der Waals surface area contributed by atoms with Crippen LogP contribution in [0.5, 0.6) is 0 Å². The Morgan fingerprint density at radius 3 is 3.05 bits per heavy atom. The van der Waals surface area contributed by atoms with Crippen molar-refractivity contribution >= 4 is 26.5 Å². The molecule has 1 aliphatic rings. The minimum atomic E-state index is -3.21. The number of methoxy groups -OCH3 is 1. The number of fused-ring (bicyclic) bond motifs is 1. The van der Waals surface area contributed by atoms with Gasteiger partial charge >= 0.3 is 0 Å². The number of nitrogens with zero attached hydrogens (tertiary/aromatic N) is 2. The van der Waals surface area contributed by atoms with E-state index in [9.17, 15) is 8.42 Å². The lowest BCUT2D eigenvalue weighted by Crippen LogP contribution is -2.12. The molecule has 2 heterocycles. The molecule has 0 saturated heterocycles. The second-order valence-electron chi connectivity index (χ2n) is 4.77. The number of aromatic nitrogens is 2. The first-order valence-electron chi connectivity index (χ1n) is 6.50. The third kappa shape index (κ3) is 2.92. The Hall–Kier alpha value is -1.51. The molecule has 8 heteroatoms. The monoisotopic (exact) mass is 325 g/mol. The summed E-state index contributed by atoms with van der Waals surface area (Å²) >= 11 is 1.24. The molecule has 1 aromatic heterocycles. The number of rotatable bonds is 5. The first-order valence-corrected chi connectivity index (χ1v) is 8.92. The van der Waals surface area contributed by atoms with Crippen LogP contribution in [-0.4, -0.2) is 37.2 Å². The van der Waals surface area contributed by atoms with E-state index in [1.807, 2.05) is 12.1 Å². The predicted molar refractivity (Wildman–Crippen MR) is 80.3 cm³/mol. The van der Waals surface area contributed by atoms with Gasteiger partial charge in [-0.15, -0.1) is 0 Å². The van der Waals surface area contributed by atoms with Crippen LogP contribution >= 0.6 is 11.5 Å². The SMILES string of the molecule is COCCc1nsc(NC2CS(=O)(=O)c3ccccc32)n1. The topological polar surface area (TPSA) is 81.2 Å². The van der Waals surface area contributed by atoms with Crippen LogP contribution in [0.4, 0.5) is 5.13 Å². The molecule has 6 nitrogen and oxygen atoms in total. The maximum absolute atomic E-state index is 12.1. The smallest absolute Gasteiger partial charge is 0.203 e. The molecule has 1 aliphatic heterocycles. The number of benzene rings is 1. The van der Waals surface area contributed by atoms with Gasteiger partial charge in [-0.05, 0) is 11.6 Å². The summed E-state index contributed by atoms with van der Waals surface area (Å²) < 4.78 is 33.4. The lowest BCUT2D eigenvalue weighted by molar-refractivity contribution is 0.201. The van der Waals surface area contributed by atoms with Crippen molar-refractivity contribution < 1.29 is 13.2 Å². The van der Waals surface area contributed by atoms with Crippen molar-refractivity contribution in [3.63, 3.8) is 0 Å². The van der Waals surface area contributed by atoms with Crippen molar-refractivity contribution in [3.8, 4) is 0 Å². The summed E-state index contributed by atoms with van der Waals surface area (Å²) in [7, 11) is -1.58. The summed E-state index contributed by atoms with van der Waals surface area (Å²) in [5, 5.41) is 3.81. The molecule has 0 fully saturated rings. The van der Waals surface area contributed by atoms with Crippen LogP contribution < -0.4 is 5.32 Å². The van der Waals surface area contributed by atoms with Gasteiger partial charge in [-0.2, -0.15) is 4.37 Å². The maximum atomic E-state index is 12.1. The molecular weight excluding hydrogens is 310 g/mol. The largest absolute Gasteiger partial charge is 0.384 e. The third-order valence-corrected chi connectivity index (χ3v) is 5.81. The van der Waals surface area contributed by atoms with Crippen LogP contribution in [0.25, 0.3) is 0 Å². The standard InChI is InChI=1S/C13H15N3O3S2/c1-19-7-6-12-15-13(20-16-12)14-10-8-21(17,18)11-5-3-2-4-9(10)11/h2-5,10H,6-8H2,1H3,(H,14,15,16). The fourth-order valence-electron chi connectivity index (χ4n) is 2.33. The van der Waals surface area contributed by atoms with Crippen LogP contribution in [0.3, 0.4) is 0 Å². The Morgan fingerprint density at radius 2 is 2.24 bits per heavy atom. The molecule has 3 rings (SSSR count). The summed E-state index contributed by atoms with van der Waals surface area (Å²) in [6.07, 6.45) is 0.647. The Kier molecular flexibility index (Phi) is 3.92. The fourth-order valence-corrected chi connectivity index (χ4v) is 4.73. The predicted octanol–water partition coefficient (Wildman–Crippen LogP) is 1.67. The number of ether oxygens (including phenoxy) is 1. The summed E-state index contributed by atoms with van der Waals surface area (Å²) in [5.74, 6) is 0.762. The molecule has 1 N–H and O–H groups in total. The van der Waals surface area contributed by atoms with Crippen molar-refractivity contribution in [1.29, 1.82) is 0 Å². The van der Waals surface area contributed by atoms with E-state index in [1.165, 1.54) is 11.5 Å². The van der Waals surface area contributed by atoms with E-state index in [0.717, 1.165) is 5.56 Å². The fraction of sp³-hybridized carbons (Fsp3) is 0.385. The lowest BCUT2D eigenvalue weighted by atomic mass is 10.1. The highest BCUT2D eigenvalue weighted by molar-refractivity contribution is 7.91. The third-order valence-electron chi connectivity index (χ3n) is 3.31. The molecular formula is C13H15N3O3S2. The van der Waals surface area contributed by atoms with Gasteiger partial charge in [0.2, 0.25) is 5.13 Å². The van der Waals surface area contributed by atoms with Gasteiger partial charge in [-0.3, -0.25) is 0 Å². The van der Waals surface area contributed by atoms with Gasteiger partial charge in [0, 0.05) is 25.1 Å². The Bertz CT molecular complexity index is 743. The van der Waals surface area contributed by atoms with E-state index in [-0.39, 0.29) is 11.8 Å². The zero-order chi connectivity index (χ0) is 14.9. The molecule has 0 amide bonds. The van der Waals surface area contributed by atoms with E-state index < -0.39 is 9.84 Å². The van der Waals surface area contributed by atoms with E-state index >= 15 is 0 Å². The number of nitrogens with one attached hydrogen (secondary N) is 1. The summed E-state index contributed by atoms with van der Waals surface area (Å²) in [4.78, 5) is 4.76. The van der Waals surface area contributed by atoms with Crippen molar-refractivity contribution in [2.45, 2.75) is 17.4 Å². The second kappa shape index (κ2) is 5.70. The molecule has 1 aromatic carbocycles. The van der Waals surface area contributed by atoms with Gasteiger partial charge in [0.1, 0.15) is 5.82 Å². The molecule has 0 radical (unpaired) electrons. The van der Waals surface area contributed by atoms with Gasteiger partial charge in [0.25, 0.3) is 0 Å². The van der Waals surface area contributed by atoms with E-state index in [1.54, 1.807) is 19.2 Å². The normalized spacial score (nSPS) is 19.4. The van der Waals surface area contributed by atoms with Crippen molar-refractivity contribution in [3.05, 3.63) is 35.7 Å². The van der Waals surface area contributed by atoms with E-state index in [4.69, 9.17) is 4.74 Å². The Morgan fingerprint density at radius 1 is 1.43 bits per heavy atom. The highest BCUT2D eigenvalue weighted by Gasteiger charge is 2.34. The average Bonchev–Trinajstić information content (AvgIpc) is 3.01. The lowest BCUT2D eigenvalue weighted by Gasteiger charge is -2.10. The summed E-state index contributed by atoms with van der Waals surface area (Å²) in [5.41, 5.74) is 0.797. The first-order chi connectivity index (χ1) is 10.1. The van der Waals surface area contributed by atoms with Crippen LogP contribution in [-0.2, 0) is 21.0 Å². The van der Waals surface area contributed by atoms with E-state index in [0.29, 0.717) is 28.9 Å². The van der Waals surface area contributed by atoms with Crippen LogP contribution in [0.15, 0.2) is 29.2 Å². The molecule has 2 aromatic rings. The van der Waals surface area contributed by atoms with Crippen LogP contribution in [0, 0.1) is 0 Å². The summed E-state index contributed by atoms with van der Waals surface area (Å²) in [6, 6.07) is 6.81. The van der Waals surface area contributed by atoms with Gasteiger partial charge in [-0.25, -0.2) is 13.4 Å². The van der Waals surface area contributed by atoms with E-state index in [2.05, 4.69) is 14.7 Å². The number of hydrogen-bond acceptors (Lipinski definition) is 7. The zero-order valence-electron chi connectivity index (χ0n) is 11.4. The maximum Gasteiger partial charge on any atom is 0.203 e. The molecule has 21 heavy (non-hydrogen) atoms. The molecule has 0 spiro atoms. The second-order valence-corrected chi connectivity index (χ2v) is 7.53. The highest BCUT2D eigenvalue weighted by Crippen LogP contribution is 2.35. The van der Waals surface area contributed by atoms with Crippen LogP contribution in [0.1, 0.15) is 17.4 Å². The molecule has 0 bridgehead atoms. The van der Waals surface area contributed by atoms with Crippen LogP contribution in [0.2, 0.25) is 0 Å². The zero-order valence-corrected chi connectivity index (χ0v) is 13.1. The van der Waals surface area contributed by atoms with Gasteiger partial charge in [-0.1, -0.05) is 18.2 Å². The average molecular weight is 325 g/mol. The molecule has 0 aliphatic carbocycles. The molecule has 112 valence electrons.